The third-order valence-corrected chi connectivity index (χ3v) is 4.03. The fourth-order valence-electron chi connectivity index (χ4n) is 2.74. The number of hydrogen-bond donors (Lipinski definition) is 0. The molecule has 1 heterocycles. The third-order valence-electron chi connectivity index (χ3n) is 3.71. The lowest BCUT2D eigenvalue weighted by atomic mass is 9.98. The van der Waals surface area contributed by atoms with Gasteiger partial charge in [-0.2, -0.15) is 0 Å². The van der Waals surface area contributed by atoms with Crippen LogP contribution in [0.3, 0.4) is 0 Å². The van der Waals surface area contributed by atoms with Crippen molar-refractivity contribution in [2.24, 2.45) is 0 Å². The van der Waals surface area contributed by atoms with E-state index >= 15 is 0 Å². The molecule has 19 heavy (non-hydrogen) atoms. The van der Waals surface area contributed by atoms with E-state index < -0.39 is 0 Å². The fraction of sp³-hybridized carbons (Fsp3) is 0.438. The van der Waals surface area contributed by atoms with Crippen molar-refractivity contribution in [1.29, 1.82) is 0 Å². The first kappa shape index (κ1) is 12.7. The second kappa shape index (κ2) is 5.38. The van der Waals surface area contributed by atoms with Crippen LogP contribution in [0.25, 0.3) is 10.9 Å². The molecule has 1 aromatic heterocycles. The topological polar surface area (TPSA) is 22.1 Å². The first-order valence-corrected chi connectivity index (χ1v) is 7.34. The monoisotopic (exact) mass is 275 g/mol. The van der Waals surface area contributed by atoms with Gasteiger partial charge < -0.3 is 4.74 Å². The van der Waals surface area contributed by atoms with Crippen molar-refractivity contribution in [2.75, 3.05) is 0 Å². The van der Waals surface area contributed by atoms with Crippen LogP contribution in [0, 0.1) is 6.92 Å². The molecule has 1 aliphatic rings. The van der Waals surface area contributed by atoms with Crippen LogP contribution in [0.4, 0.5) is 0 Å². The van der Waals surface area contributed by atoms with Gasteiger partial charge in [0.15, 0.2) is 0 Å². The number of halogens is 1. The quantitative estimate of drug-likeness (QED) is 0.777. The Morgan fingerprint density at radius 2 is 1.95 bits per heavy atom. The van der Waals surface area contributed by atoms with Crippen LogP contribution in [0.1, 0.15) is 37.8 Å². The second-order valence-electron chi connectivity index (χ2n) is 5.30. The number of aromatic nitrogens is 1. The highest BCUT2D eigenvalue weighted by Gasteiger charge is 2.15. The molecule has 0 saturated heterocycles. The van der Waals surface area contributed by atoms with Crippen LogP contribution in [0.15, 0.2) is 24.3 Å². The van der Waals surface area contributed by atoms with Crippen LogP contribution in [0.2, 0.25) is 5.02 Å². The molecule has 3 heteroatoms. The van der Waals surface area contributed by atoms with Gasteiger partial charge in [-0.3, -0.25) is 4.98 Å². The van der Waals surface area contributed by atoms with E-state index in [1.165, 1.54) is 19.3 Å². The molecule has 0 radical (unpaired) electrons. The molecule has 0 atom stereocenters. The number of nitrogens with zero attached hydrogens (tertiary/aromatic N) is 1. The Balaban J connectivity index is 1.88. The Bertz CT molecular complexity index is 591. The van der Waals surface area contributed by atoms with Gasteiger partial charge in [-0.05, 0) is 56.9 Å². The Hall–Kier alpha value is -1.28. The minimum absolute atomic E-state index is 0.364. The smallest absolute Gasteiger partial charge is 0.120 e. The SMILES string of the molecule is Cc1cc(Cl)c2cc(OC3CCCCC3)ccc2n1. The number of fused-ring (bicyclic) bond motifs is 1. The summed E-state index contributed by atoms with van der Waals surface area (Å²) in [6.45, 7) is 1.96. The zero-order valence-electron chi connectivity index (χ0n) is 11.2. The molecule has 1 aliphatic carbocycles. The largest absolute Gasteiger partial charge is 0.490 e. The summed E-state index contributed by atoms with van der Waals surface area (Å²) in [5.41, 5.74) is 1.87. The molecule has 100 valence electrons. The summed E-state index contributed by atoms with van der Waals surface area (Å²) < 4.78 is 6.06. The lowest BCUT2D eigenvalue weighted by Crippen LogP contribution is -2.19. The third kappa shape index (κ3) is 2.84. The molecular formula is C16H18ClNO. The summed E-state index contributed by atoms with van der Waals surface area (Å²) in [4.78, 5) is 4.48. The molecule has 0 amide bonds. The molecule has 0 bridgehead atoms. The number of pyridine rings is 1. The predicted octanol–water partition coefficient (Wildman–Crippen LogP) is 4.91. The molecule has 1 aromatic carbocycles. The summed E-state index contributed by atoms with van der Waals surface area (Å²) in [7, 11) is 0. The minimum Gasteiger partial charge on any atom is -0.490 e. The van der Waals surface area contributed by atoms with Crippen molar-refractivity contribution in [3.05, 3.63) is 35.0 Å². The summed E-state index contributed by atoms with van der Waals surface area (Å²) in [6.07, 6.45) is 6.59. The fourth-order valence-corrected chi connectivity index (χ4v) is 3.05. The molecule has 2 aromatic rings. The molecule has 1 saturated carbocycles. The minimum atomic E-state index is 0.364. The maximum Gasteiger partial charge on any atom is 0.120 e. The van der Waals surface area contributed by atoms with Crippen molar-refractivity contribution in [2.45, 2.75) is 45.1 Å². The molecule has 0 spiro atoms. The Labute approximate surface area is 118 Å². The molecular weight excluding hydrogens is 258 g/mol. The van der Waals surface area contributed by atoms with E-state index in [-0.39, 0.29) is 0 Å². The summed E-state index contributed by atoms with van der Waals surface area (Å²) in [5.74, 6) is 0.909. The van der Waals surface area contributed by atoms with Gasteiger partial charge in [0, 0.05) is 11.1 Å². The second-order valence-corrected chi connectivity index (χ2v) is 5.71. The van der Waals surface area contributed by atoms with Crippen molar-refractivity contribution in [3.63, 3.8) is 0 Å². The Morgan fingerprint density at radius 3 is 2.74 bits per heavy atom. The van der Waals surface area contributed by atoms with E-state index in [1.807, 2.05) is 31.2 Å². The van der Waals surface area contributed by atoms with E-state index in [0.717, 1.165) is 40.2 Å². The first-order valence-electron chi connectivity index (χ1n) is 6.96. The van der Waals surface area contributed by atoms with Gasteiger partial charge in [0.1, 0.15) is 5.75 Å². The van der Waals surface area contributed by atoms with Crippen LogP contribution in [-0.4, -0.2) is 11.1 Å². The van der Waals surface area contributed by atoms with E-state index in [9.17, 15) is 0 Å². The number of benzene rings is 1. The summed E-state index contributed by atoms with van der Waals surface area (Å²) >= 11 is 6.28. The molecule has 0 N–H and O–H groups in total. The van der Waals surface area contributed by atoms with Crippen LogP contribution in [-0.2, 0) is 0 Å². The number of rotatable bonds is 2. The molecule has 0 unspecified atom stereocenters. The van der Waals surface area contributed by atoms with E-state index in [0.29, 0.717) is 6.10 Å². The van der Waals surface area contributed by atoms with Gasteiger partial charge in [0.25, 0.3) is 0 Å². The van der Waals surface area contributed by atoms with Crippen molar-refractivity contribution >= 4 is 22.5 Å². The van der Waals surface area contributed by atoms with Crippen molar-refractivity contribution in [1.82, 2.24) is 4.98 Å². The summed E-state index contributed by atoms with van der Waals surface area (Å²) in [6, 6.07) is 7.90. The van der Waals surface area contributed by atoms with E-state index in [2.05, 4.69) is 4.98 Å². The average Bonchev–Trinajstić information content (AvgIpc) is 2.40. The van der Waals surface area contributed by atoms with Gasteiger partial charge in [-0.15, -0.1) is 0 Å². The predicted molar refractivity (Wildman–Crippen MR) is 79.0 cm³/mol. The van der Waals surface area contributed by atoms with Gasteiger partial charge in [0.05, 0.1) is 16.6 Å². The Morgan fingerprint density at radius 1 is 1.16 bits per heavy atom. The van der Waals surface area contributed by atoms with E-state index in [1.54, 1.807) is 0 Å². The standard InChI is InChI=1S/C16H18ClNO/c1-11-9-15(17)14-10-13(7-8-16(14)18-11)19-12-5-3-2-4-6-12/h7-10,12H,2-6H2,1H3. The highest BCUT2D eigenvalue weighted by atomic mass is 35.5. The van der Waals surface area contributed by atoms with E-state index in [4.69, 9.17) is 16.3 Å². The van der Waals surface area contributed by atoms with Crippen LogP contribution < -0.4 is 4.74 Å². The van der Waals surface area contributed by atoms with Gasteiger partial charge >= 0.3 is 0 Å². The zero-order valence-corrected chi connectivity index (χ0v) is 11.9. The highest BCUT2D eigenvalue weighted by Crippen LogP contribution is 2.29. The van der Waals surface area contributed by atoms with Crippen molar-refractivity contribution in [3.8, 4) is 5.75 Å². The highest BCUT2D eigenvalue weighted by molar-refractivity contribution is 6.35. The number of ether oxygens (including phenoxy) is 1. The Kier molecular flexibility index (Phi) is 3.61. The van der Waals surface area contributed by atoms with Crippen LogP contribution in [0.5, 0.6) is 5.75 Å². The average molecular weight is 276 g/mol. The van der Waals surface area contributed by atoms with Crippen LogP contribution >= 0.6 is 11.6 Å². The van der Waals surface area contributed by atoms with Crippen molar-refractivity contribution < 1.29 is 4.74 Å². The number of aryl methyl sites for hydroxylation is 1. The molecule has 2 nitrogen and oxygen atoms in total. The lowest BCUT2D eigenvalue weighted by molar-refractivity contribution is 0.155. The molecule has 1 fully saturated rings. The lowest BCUT2D eigenvalue weighted by Gasteiger charge is -2.23. The van der Waals surface area contributed by atoms with Gasteiger partial charge in [0.2, 0.25) is 0 Å². The normalized spacial score (nSPS) is 16.7. The molecule has 0 aliphatic heterocycles. The van der Waals surface area contributed by atoms with Gasteiger partial charge in [-0.25, -0.2) is 0 Å². The zero-order chi connectivity index (χ0) is 13.2. The molecule has 3 rings (SSSR count). The first-order chi connectivity index (χ1) is 9.22. The number of hydrogen-bond acceptors (Lipinski definition) is 2. The maximum absolute atomic E-state index is 6.28. The van der Waals surface area contributed by atoms with Gasteiger partial charge in [-0.1, -0.05) is 18.0 Å². The maximum atomic E-state index is 6.28. The summed E-state index contributed by atoms with van der Waals surface area (Å²) in [5, 5.41) is 1.72.